The fraction of sp³-hybridized carbons (Fsp3) is 0.240. The summed E-state index contributed by atoms with van der Waals surface area (Å²) < 4.78 is 31.6. The van der Waals surface area contributed by atoms with Crippen LogP contribution in [0.1, 0.15) is 25.6 Å². The van der Waals surface area contributed by atoms with Gasteiger partial charge in [0.25, 0.3) is 28.0 Å². The fourth-order valence-corrected chi connectivity index (χ4v) is 4.61. The third-order valence-corrected chi connectivity index (χ3v) is 6.57. The van der Waals surface area contributed by atoms with Crippen molar-refractivity contribution in [2.24, 2.45) is 0 Å². The van der Waals surface area contributed by atoms with Crippen LogP contribution >= 0.6 is 22.9 Å². The topological polar surface area (TPSA) is 152 Å². The Morgan fingerprint density at radius 1 is 1.10 bits per heavy atom. The van der Waals surface area contributed by atoms with Crippen LogP contribution in [0.2, 0.25) is 4.34 Å². The molecule has 4 N–H and O–H groups in total. The van der Waals surface area contributed by atoms with Gasteiger partial charge in [0, 0.05) is 31.2 Å². The Balaban J connectivity index is 0.000000771. The number of nitrogens with one attached hydrogen (secondary N) is 3. The van der Waals surface area contributed by atoms with Gasteiger partial charge in [-0.05, 0) is 61.0 Å². The van der Waals surface area contributed by atoms with Crippen molar-refractivity contribution in [2.75, 3.05) is 53.9 Å². The van der Waals surface area contributed by atoms with Gasteiger partial charge in [-0.1, -0.05) is 11.6 Å². The summed E-state index contributed by atoms with van der Waals surface area (Å²) in [6.07, 6.45) is 0.715. The zero-order valence-corrected chi connectivity index (χ0v) is 24.0. The zero-order valence-electron chi connectivity index (χ0n) is 21.6. The lowest BCUT2D eigenvalue weighted by molar-refractivity contribution is 0.102. The monoisotopic (exact) mass is 593 g/mol. The van der Waals surface area contributed by atoms with Crippen LogP contribution < -0.4 is 20.4 Å². The molecule has 0 bridgehead atoms. The Bertz CT molecular complexity index is 1480. The number of hydrogen-bond donors (Lipinski definition) is 4. The Morgan fingerprint density at radius 3 is 2.26 bits per heavy atom. The SMILES string of the molecule is CS(=O)(=O)O.Cc1cc(NC(=O)c2ccc(Cl)s2)c(C(=O)Nc2ccc(N3CCOC3=N)cc2)cc1N(C)C. The molecule has 0 atom stereocenters. The quantitative estimate of drug-likeness (QED) is 0.304. The van der Waals surface area contributed by atoms with Crippen LogP contribution in [0.4, 0.5) is 22.7 Å². The number of ether oxygens (including phenoxy) is 1. The number of nitrogens with zero attached hydrogens (tertiary/aromatic N) is 2. The first-order chi connectivity index (χ1) is 18.2. The van der Waals surface area contributed by atoms with Crippen molar-refractivity contribution in [2.45, 2.75) is 6.92 Å². The molecule has 11 nitrogen and oxygen atoms in total. The minimum absolute atomic E-state index is 0.111. The molecule has 3 aromatic rings. The summed E-state index contributed by atoms with van der Waals surface area (Å²) in [5.74, 6) is -0.685. The van der Waals surface area contributed by atoms with Gasteiger partial charge in [-0.3, -0.25) is 24.5 Å². The Morgan fingerprint density at radius 2 is 1.74 bits per heavy atom. The molecule has 14 heteroatoms. The highest BCUT2D eigenvalue weighted by Gasteiger charge is 2.21. The van der Waals surface area contributed by atoms with Gasteiger partial charge in [0.05, 0.1) is 33.3 Å². The molecule has 39 heavy (non-hydrogen) atoms. The highest BCUT2D eigenvalue weighted by atomic mass is 35.5. The zero-order chi connectivity index (χ0) is 28.9. The lowest BCUT2D eigenvalue weighted by Crippen LogP contribution is -2.24. The molecule has 1 aromatic heterocycles. The smallest absolute Gasteiger partial charge is 0.289 e. The predicted octanol–water partition coefficient (Wildman–Crippen LogP) is 4.56. The van der Waals surface area contributed by atoms with Crippen LogP contribution in [0.25, 0.3) is 0 Å². The third kappa shape index (κ3) is 8.42. The first-order valence-electron chi connectivity index (χ1n) is 11.4. The van der Waals surface area contributed by atoms with Crippen molar-refractivity contribution >= 4 is 73.6 Å². The van der Waals surface area contributed by atoms with Gasteiger partial charge < -0.3 is 20.3 Å². The lowest BCUT2D eigenvalue weighted by Gasteiger charge is -2.20. The van der Waals surface area contributed by atoms with E-state index in [-0.39, 0.29) is 17.8 Å². The van der Waals surface area contributed by atoms with Crippen molar-refractivity contribution in [3.8, 4) is 0 Å². The van der Waals surface area contributed by atoms with E-state index < -0.39 is 10.1 Å². The summed E-state index contributed by atoms with van der Waals surface area (Å²) in [5.41, 5.74) is 3.94. The summed E-state index contributed by atoms with van der Waals surface area (Å²) in [6.45, 7) is 3.01. The molecule has 0 unspecified atom stereocenters. The second kappa shape index (κ2) is 12.5. The van der Waals surface area contributed by atoms with Crippen LogP contribution in [0.15, 0.2) is 48.5 Å². The number of anilines is 4. The maximum absolute atomic E-state index is 13.3. The number of rotatable bonds is 6. The molecule has 1 aliphatic rings. The Kier molecular flexibility index (Phi) is 9.56. The minimum atomic E-state index is -3.67. The van der Waals surface area contributed by atoms with Crippen LogP contribution in [0, 0.1) is 12.3 Å². The molecule has 208 valence electrons. The molecule has 1 saturated heterocycles. The number of hydrogen-bond acceptors (Lipinski definition) is 8. The van der Waals surface area contributed by atoms with Crippen molar-refractivity contribution in [1.29, 1.82) is 5.41 Å². The Labute approximate surface area is 235 Å². The largest absolute Gasteiger partial charge is 0.463 e. The fourth-order valence-electron chi connectivity index (χ4n) is 3.67. The van der Waals surface area contributed by atoms with E-state index in [9.17, 15) is 18.0 Å². The van der Waals surface area contributed by atoms with E-state index in [1.165, 1.54) is 11.3 Å². The molecule has 0 saturated carbocycles. The summed E-state index contributed by atoms with van der Waals surface area (Å²) >= 11 is 7.14. The number of thiophene rings is 1. The number of benzene rings is 2. The standard InChI is InChI=1S/C24H24ClN5O3S.CH4O3S/c1-14-12-18(28-23(32)20-8-9-21(25)34-20)17(13-19(14)29(2)3)22(31)27-15-4-6-16(7-5-15)30-10-11-33-24(30)26;1-5(2,3)4/h4-9,12-13,26H,10-11H2,1-3H3,(H,27,31)(H,28,32);1H3,(H,2,3,4). The molecule has 1 aliphatic heterocycles. The molecular weight excluding hydrogens is 566 g/mol. The summed E-state index contributed by atoms with van der Waals surface area (Å²) in [6, 6.07) is 14.2. The molecule has 2 amide bonds. The predicted molar refractivity (Wildman–Crippen MR) is 156 cm³/mol. The molecule has 1 fully saturated rings. The molecule has 2 aromatic carbocycles. The maximum Gasteiger partial charge on any atom is 0.289 e. The van der Waals surface area contributed by atoms with Crippen LogP contribution in [-0.4, -0.2) is 64.3 Å². The van der Waals surface area contributed by atoms with Crippen molar-refractivity contribution in [3.63, 3.8) is 0 Å². The van der Waals surface area contributed by atoms with E-state index in [0.717, 1.165) is 16.9 Å². The van der Waals surface area contributed by atoms with Crippen LogP contribution in [0.3, 0.4) is 0 Å². The molecule has 0 aliphatic carbocycles. The van der Waals surface area contributed by atoms with E-state index in [2.05, 4.69) is 10.6 Å². The van der Waals surface area contributed by atoms with Gasteiger partial charge >= 0.3 is 0 Å². The van der Waals surface area contributed by atoms with Gasteiger partial charge in [-0.2, -0.15) is 8.42 Å². The van der Waals surface area contributed by atoms with Gasteiger partial charge in [0.2, 0.25) is 0 Å². The average Bonchev–Trinajstić information content (AvgIpc) is 3.46. The highest BCUT2D eigenvalue weighted by Crippen LogP contribution is 2.30. The van der Waals surface area contributed by atoms with E-state index >= 15 is 0 Å². The first kappa shape index (κ1) is 29.9. The Hall–Kier alpha value is -3.65. The minimum Gasteiger partial charge on any atom is -0.463 e. The van der Waals surface area contributed by atoms with Gasteiger partial charge in [0.1, 0.15) is 6.61 Å². The summed E-state index contributed by atoms with van der Waals surface area (Å²) in [7, 11) is 0.128. The number of carbonyl (C=O) groups is 2. The maximum atomic E-state index is 13.3. The second-order valence-electron chi connectivity index (χ2n) is 8.68. The van der Waals surface area contributed by atoms with Crippen molar-refractivity contribution in [1.82, 2.24) is 0 Å². The lowest BCUT2D eigenvalue weighted by atomic mass is 10.1. The number of amides is 2. The second-order valence-corrected chi connectivity index (χ2v) is 11.9. The number of halogens is 1. The highest BCUT2D eigenvalue weighted by molar-refractivity contribution is 7.85. The van der Waals surface area contributed by atoms with Crippen LogP contribution in [0.5, 0.6) is 0 Å². The van der Waals surface area contributed by atoms with Crippen molar-refractivity contribution < 1.29 is 27.3 Å². The van der Waals surface area contributed by atoms with E-state index in [1.54, 1.807) is 41.3 Å². The van der Waals surface area contributed by atoms with Crippen molar-refractivity contribution in [3.05, 3.63) is 68.9 Å². The van der Waals surface area contributed by atoms with E-state index in [0.29, 0.717) is 45.6 Å². The van der Waals surface area contributed by atoms with Gasteiger partial charge in [0.15, 0.2) is 0 Å². The number of amidine groups is 1. The summed E-state index contributed by atoms with van der Waals surface area (Å²) in [4.78, 5) is 30.1. The molecule has 0 radical (unpaired) electrons. The molecular formula is C25H28ClN5O6S2. The van der Waals surface area contributed by atoms with Crippen LogP contribution in [-0.2, 0) is 14.9 Å². The van der Waals surface area contributed by atoms with E-state index in [1.807, 2.05) is 38.1 Å². The molecule has 0 spiro atoms. The molecule has 4 rings (SSSR count). The first-order valence-corrected chi connectivity index (χ1v) is 14.5. The average molecular weight is 594 g/mol. The normalized spacial score (nSPS) is 12.8. The van der Waals surface area contributed by atoms with Gasteiger partial charge in [-0.15, -0.1) is 11.3 Å². The number of carbonyl (C=O) groups excluding carboxylic acids is 2. The molecule has 2 heterocycles. The van der Waals surface area contributed by atoms with Gasteiger partial charge in [-0.25, -0.2) is 0 Å². The van der Waals surface area contributed by atoms with E-state index in [4.69, 9.17) is 26.3 Å². The number of aryl methyl sites for hydroxylation is 1. The summed E-state index contributed by atoms with van der Waals surface area (Å²) in [5, 5.41) is 13.6. The third-order valence-electron chi connectivity index (χ3n) is 5.34.